The van der Waals surface area contributed by atoms with Crippen LogP contribution in [0.5, 0.6) is 0 Å². The van der Waals surface area contributed by atoms with E-state index < -0.39 is 0 Å². The van der Waals surface area contributed by atoms with Gasteiger partial charge in [-0.3, -0.25) is 9.48 Å². The second-order valence-corrected chi connectivity index (χ2v) is 7.68. The third-order valence-electron chi connectivity index (χ3n) is 5.32. The Hall–Kier alpha value is -2.05. The zero-order valence-electron chi connectivity index (χ0n) is 19.4. The Morgan fingerprint density at radius 3 is 2.42 bits per heavy atom. The third kappa shape index (κ3) is 7.86. The number of halogens is 1. The Morgan fingerprint density at radius 1 is 1.26 bits per heavy atom. The molecule has 2 N–H and O–H groups in total. The molecule has 2 rings (SSSR count). The van der Waals surface area contributed by atoms with E-state index in [4.69, 9.17) is 9.73 Å². The molecule has 0 bridgehead atoms. The van der Waals surface area contributed by atoms with Crippen LogP contribution >= 0.6 is 24.0 Å². The van der Waals surface area contributed by atoms with Crippen LogP contribution in [0.3, 0.4) is 0 Å². The summed E-state index contributed by atoms with van der Waals surface area (Å²) >= 11 is 0. The fourth-order valence-electron chi connectivity index (χ4n) is 3.29. The number of piperidine rings is 1. The molecule has 1 saturated heterocycles. The standard InChI is InChI=1S/C20H35N7O3.HI/c1-7-30-20(29)27-10-8-16(9-11-27)23-19(22-13-18(28)25(4)5)21-12-17-14(2)24-26(6)15(17)3;/h16H,7-13H2,1-6H3,(H2,21,22,23);1H. The number of nitrogens with one attached hydrogen (secondary N) is 2. The number of carbonyl (C=O) groups excluding carboxylic acids is 2. The molecule has 31 heavy (non-hydrogen) atoms. The monoisotopic (exact) mass is 549 g/mol. The van der Waals surface area contributed by atoms with Crippen LogP contribution in [-0.2, 0) is 23.1 Å². The number of hydrogen-bond acceptors (Lipinski definition) is 5. The zero-order chi connectivity index (χ0) is 22.3. The fourth-order valence-corrected chi connectivity index (χ4v) is 3.29. The van der Waals surface area contributed by atoms with Crippen molar-refractivity contribution in [2.24, 2.45) is 12.0 Å². The van der Waals surface area contributed by atoms with E-state index in [1.165, 1.54) is 4.90 Å². The van der Waals surface area contributed by atoms with E-state index in [2.05, 4.69) is 15.7 Å². The summed E-state index contributed by atoms with van der Waals surface area (Å²) in [5.74, 6) is 0.554. The molecular formula is C20H36IN7O3. The van der Waals surface area contributed by atoms with Gasteiger partial charge < -0.3 is 25.2 Å². The van der Waals surface area contributed by atoms with Crippen LogP contribution in [-0.4, -0.2) is 83.9 Å². The number of ether oxygens (including phenoxy) is 1. The molecule has 0 aliphatic carbocycles. The molecule has 176 valence electrons. The molecule has 1 aromatic rings. The van der Waals surface area contributed by atoms with Gasteiger partial charge in [0, 0.05) is 51.5 Å². The molecule has 1 aliphatic rings. The summed E-state index contributed by atoms with van der Waals surface area (Å²) in [4.78, 5) is 31.9. The van der Waals surface area contributed by atoms with Crippen LogP contribution in [0.15, 0.2) is 4.99 Å². The third-order valence-corrected chi connectivity index (χ3v) is 5.32. The van der Waals surface area contributed by atoms with Crippen molar-refractivity contribution in [3.63, 3.8) is 0 Å². The Balaban J connectivity index is 0.00000480. The average Bonchev–Trinajstić information content (AvgIpc) is 2.95. The number of aliphatic imine (C=N–C) groups is 1. The van der Waals surface area contributed by atoms with Gasteiger partial charge in [-0.2, -0.15) is 5.10 Å². The molecular weight excluding hydrogens is 513 g/mol. The zero-order valence-corrected chi connectivity index (χ0v) is 21.7. The smallest absolute Gasteiger partial charge is 0.409 e. The Morgan fingerprint density at radius 2 is 1.90 bits per heavy atom. The van der Waals surface area contributed by atoms with Crippen molar-refractivity contribution in [2.45, 2.75) is 46.2 Å². The number of nitrogens with zero attached hydrogens (tertiary/aromatic N) is 5. The summed E-state index contributed by atoms with van der Waals surface area (Å²) in [5, 5.41) is 11.0. The number of aromatic nitrogens is 2. The van der Waals surface area contributed by atoms with Gasteiger partial charge >= 0.3 is 6.09 Å². The van der Waals surface area contributed by atoms with Gasteiger partial charge in [0.05, 0.1) is 25.4 Å². The molecule has 1 aliphatic heterocycles. The first kappa shape index (κ1) is 27.0. The molecule has 2 heterocycles. The topological polar surface area (TPSA) is 104 Å². The first-order chi connectivity index (χ1) is 14.2. The van der Waals surface area contributed by atoms with Gasteiger partial charge in [0.2, 0.25) is 5.91 Å². The first-order valence-corrected chi connectivity index (χ1v) is 10.4. The quantitative estimate of drug-likeness (QED) is 0.316. The molecule has 0 radical (unpaired) electrons. The van der Waals surface area contributed by atoms with Crippen molar-refractivity contribution in [1.29, 1.82) is 0 Å². The molecule has 10 nitrogen and oxygen atoms in total. The maximum absolute atomic E-state index is 12.0. The molecule has 11 heteroatoms. The van der Waals surface area contributed by atoms with Gasteiger partial charge in [-0.1, -0.05) is 0 Å². The van der Waals surface area contributed by atoms with Gasteiger partial charge in [-0.15, -0.1) is 24.0 Å². The van der Waals surface area contributed by atoms with E-state index in [1.807, 2.05) is 25.6 Å². The van der Waals surface area contributed by atoms with Gasteiger partial charge in [-0.05, 0) is 33.6 Å². The maximum atomic E-state index is 12.0. The van der Waals surface area contributed by atoms with Crippen molar-refractivity contribution in [3.05, 3.63) is 17.0 Å². The molecule has 0 spiro atoms. The summed E-state index contributed by atoms with van der Waals surface area (Å²) in [6.45, 7) is 8.06. The fraction of sp³-hybridized carbons (Fsp3) is 0.700. The lowest BCUT2D eigenvalue weighted by Gasteiger charge is -2.32. The highest BCUT2D eigenvalue weighted by atomic mass is 127. The lowest BCUT2D eigenvalue weighted by molar-refractivity contribution is -0.127. The summed E-state index contributed by atoms with van der Waals surface area (Å²) in [6.07, 6.45) is 1.31. The van der Waals surface area contributed by atoms with Gasteiger partial charge in [0.1, 0.15) is 0 Å². The van der Waals surface area contributed by atoms with E-state index in [1.54, 1.807) is 25.9 Å². The van der Waals surface area contributed by atoms with Gasteiger partial charge in [0.15, 0.2) is 5.96 Å². The Labute approximate surface area is 201 Å². The number of hydrogen-bond donors (Lipinski definition) is 2. The second-order valence-electron chi connectivity index (χ2n) is 7.68. The van der Waals surface area contributed by atoms with Crippen LogP contribution in [0.4, 0.5) is 4.79 Å². The minimum absolute atomic E-state index is 0. The van der Waals surface area contributed by atoms with Crippen molar-refractivity contribution < 1.29 is 14.3 Å². The number of rotatable bonds is 6. The molecule has 0 saturated carbocycles. The average molecular weight is 549 g/mol. The van der Waals surface area contributed by atoms with E-state index in [0.717, 1.165) is 29.8 Å². The summed E-state index contributed by atoms with van der Waals surface area (Å²) in [7, 11) is 5.36. The van der Waals surface area contributed by atoms with E-state index in [9.17, 15) is 9.59 Å². The van der Waals surface area contributed by atoms with E-state index >= 15 is 0 Å². The van der Waals surface area contributed by atoms with Crippen molar-refractivity contribution in [1.82, 2.24) is 30.2 Å². The predicted molar refractivity (Wildman–Crippen MR) is 131 cm³/mol. The van der Waals surface area contributed by atoms with Crippen LogP contribution < -0.4 is 10.6 Å². The van der Waals surface area contributed by atoms with Gasteiger partial charge in [0.25, 0.3) is 0 Å². The van der Waals surface area contributed by atoms with Gasteiger partial charge in [-0.25, -0.2) is 9.79 Å². The van der Waals surface area contributed by atoms with Crippen LogP contribution in [0.2, 0.25) is 0 Å². The lowest BCUT2D eigenvalue weighted by Crippen LogP contribution is -2.51. The highest BCUT2D eigenvalue weighted by Crippen LogP contribution is 2.14. The number of carbonyl (C=O) groups is 2. The lowest BCUT2D eigenvalue weighted by atomic mass is 10.1. The van der Waals surface area contributed by atoms with Crippen molar-refractivity contribution in [3.8, 4) is 0 Å². The van der Waals surface area contributed by atoms with E-state index in [0.29, 0.717) is 32.2 Å². The number of aryl methyl sites for hydroxylation is 2. The second kappa shape index (κ2) is 12.7. The van der Waals surface area contributed by atoms with Crippen LogP contribution in [0.1, 0.15) is 36.7 Å². The summed E-state index contributed by atoms with van der Waals surface area (Å²) in [6, 6.07) is 0.160. The van der Waals surface area contributed by atoms with Crippen LogP contribution in [0.25, 0.3) is 0 Å². The predicted octanol–water partition coefficient (Wildman–Crippen LogP) is 1.40. The first-order valence-electron chi connectivity index (χ1n) is 10.4. The number of likely N-dealkylation sites (N-methyl/N-ethyl adjacent to an activating group) is 1. The normalized spacial score (nSPS) is 14.6. The minimum atomic E-state index is -0.262. The summed E-state index contributed by atoms with van der Waals surface area (Å²) < 4.78 is 6.93. The van der Waals surface area contributed by atoms with Crippen molar-refractivity contribution in [2.75, 3.05) is 40.3 Å². The SMILES string of the molecule is CCOC(=O)N1CCC(NC(=NCc2c(C)nn(C)c2C)NCC(=O)N(C)C)CC1.I. The highest BCUT2D eigenvalue weighted by Gasteiger charge is 2.24. The number of guanidine groups is 1. The number of amides is 2. The van der Waals surface area contributed by atoms with Crippen molar-refractivity contribution >= 4 is 41.9 Å². The molecule has 0 atom stereocenters. The maximum Gasteiger partial charge on any atom is 0.409 e. The summed E-state index contributed by atoms with van der Waals surface area (Å²) in [5.41, 5.74) is 3.10. The Kier molecular flexibility index (Phi) is 11.1. The van der Waals surface area contributed by atoms with Crippen LogP contribution in [0, 0.1) is 13.8 Å². The molecule has 1 aromatic heterocycles. The molecule has 2 amide bonds. The molecule has 0 unspecified atom stereocenters. The molecule has 0 aromatic carbocycles. The van der Waals surface area contributed by atoms with E-state index in [-0.39, 0.29) is 48.6 Å². The number of likely N-dealkylation sites (tertiary alicyclic amines) is 1. The minimum Gasteiger partial charge on any atom is -0.450 e. The molecule has 1 fully saturated rings. The Bertz CT molecular complexity index is 771. The largest absolute Gasteiger partial charge is 0.450 e. The highest BCUT2D eigenvalue weighted by molar-refractivity contribution is 14.0.